The number of carbonyl (C=O) groups is 2. The minimum Gasteiger partial charge on any atom is -0.480 e. The van der Waals surface area contributed by atoms with Gasteiger partial charge < -0.3 is 20.1 Å². The van der Waals surface area contributed by atoms with E-state index in [2.05, 4.69) is 12.2 Å². The molecule has 112 valence electrons. The number of unbranched alkanes of at least 4 members (excludes halogenated alkanes) is 1. The summed E-state index contributed by atoms with van der Waals surface area (Å²) in [4.78, 5) is 23.9. The summed E-state index contributed by atoms with van der Waals surface area (Å²) in [6, 6.07) is -0.451. The zero-order valence-electron chi connectivity index (χ0n) is 12.1. The van der Waals surface area contributed by atoms with Gasteiger partial charge >= 0.3 is 12.0 Å². The summed E-state index contributed by atoms with van der Waals surface area (Å²) < 4.78 is 5.32. The number of amides is 2. The number of carboxylic acids is 1. The van der Waals surface area contributed by atoms with E-state index in [9.17, 15) is 9.59 Å². The van der Waals surface area contributed by atoms with Crippen LogP contribution in [0.2, 0.25) is 0 Å². The summed E-state index contributed by atoms with van der Waals surface area (Å²) in [5.41, 5.74) is 0. The van der Waals surface area contributed by atoms with E-state index < -0.39 is 5.97 Å². The smallest absolute Gasteiger partial charge is 0.323 e. The van der Waals surface area contributed by atoms with Crippen molar-refractivity contribution < 1.29 is 19.4 Å². The minimum absolute atomic E-state index is 0.0999. The van der Waals surface area contributed by atoms with Gasteiger partial charge in [-0.2, -0.15) is 0 Å². The largest absolute Gasteiger partial charge is 0.480 e. The van der Waals surface area contributed by atoms with E-state index in [1.807, 2.05) is 13.8 Å². The molecule has 0 aromatic rings. The number of hydrogen-bond donors (Lipinski definition) is 2. The van der Waals surface area contributed by atoms with E-state index in [-0.39, 0.29) is 18.6 Å². The van der Waals surface area contributed by atoms with Crippen LogP contribution in [0.5, 0.6) is 0 Å². The van der Waals surface area contributed by atoms with Gasteiger partial charge in [0.2, 0.25) is 0 Å². The van der Waals surface area contributed by atoms with Gasteiger partial charge in [-0.05, 0) is 19.8 Å². The molecule has 0 saturated heterocycles. The number of hydrogen-bond acceptors (Lipinski definition) is 3. The van der Waals surface area contributed by atoms with Crippen molar-refractivity contribution in [3.8, 4) is 0 Å². The fourth-order valence-electron chi connectivity index (χ4n) is 1.47. The van der Waals surface area contributed by atoms with Gasteiger partial charge in [0.05, 0.1) is 6.61 Å². The Balaban J connectivity index is 4.00. The lowest BCUT2D eigenvalue weighted by Gasteiger charge is -2.27. The molecule has 6 heteroatoms. The van der Waals surface area contributed by atoms with Crippen LogP contribution in [-0.4, -0.2) is 54.4 Å². The van der Waals surface area contributed by atoms with Gasteiger partial charge in [0.1, 0.15) is 6.54 Å². The van der Waals surface area contributed by atoms with Gasteiger partial charge in [0.15, 0.2) is 0 Å². The van der Waals surface area contributed by atoms with Crippen LogP contribution in [0.1, 0.15) is 40.0 Å². The highest BCUT2D eigenvalue weighted by atomic mass is 16.5. The average Bonchev–Trinajstić information content (AvgIpc) is 2.38. The molecular weight excluding hydrogens is 248 g/mol. The fraction of sp³-hybridized carbons (Fsp3) is 0.846. The van der Waals surface area contributed by atoms with Crippen LogP contribution >= 0.6 is 0 Å². The molecule has 6 nitrogen and oxygen atoms in total. The molecule has 1 atom stereocenters. The second-order valence-electron chi connectivity index (χ2n) is 4.48. The first kappa shape index (κ1) is 17.7. The van der Waals surface area contributed by atoms with Crippen LogP contribution in [0.15, 0.2) is 0 Å². The van der Waals surface area contributed by atoms with Crippen molar-refractivity contribution in [3.05, 3.63) is 0 Å². The minimum atomic E-state index is -1.00. The molecule has 0 aliphatic heterocycles. The topological polar surface area (TPSA) is 78.9 Å². The first-order chi connectivity index (χ1) is 9.02. The molecule has 0 radical (unpaired) electrons. The monoisotopic (exact) mass is 274 g/mol. The predicted octanol–water partition coefficient (Wildman–Crippen LogP) is 1.70. The summed E-state index contributed by atoms with van der Waals surface area (Å²) in [6.45, 7) is 7.10. The van der Waals surface area contributed by atoms with Crippen molar-refractivity contribution in [2.45, 2.75) is 46.1 Å². The van der Waals surface area contributed by atoms with E-state index in [4.69, 9.17) is 9.84 Å². The first-order valence-electron chi connectivity index (χ1n) is 6.86. The number of aliphatic carboxylic acids is 1. The maximum absolute atomic E-state index is 11.9. The fourth-order valence-corrected chi connectivity index (χ4v) is 1.47. The van der Waals surface area contributed by atoms with E-state index in [0.717, 1.165) is 12.8 Å². The van der Waals surface area contributed by atoms with Crippen molar-refractivity contribution >= 4 is 12.0 Å². The van der Waals surface area contributed by atoms with Crippen molar-refractivity contribution in [1.29, 1.82) is 0 Å². The number of nitrogens with one attached hydrogen (secondary N) is 1. The Kier molecular flexibility index (Phi) is 9.88. The third-order valence-electron chi connectivity index (χ3n) is 2.85. The van der Waals surface area contributed by atoms with Gasteiger partial charge in [-0.25, -0.2) is 4.79 Å². The standard InChI is InChI=1S/C13H26N2O4/c1-4-6-8-19-9-7-14-13(18)15(10-12(16)17)11(3)5-2/h11H,4-10H2,1-3H3,(H,14,18)(H,16,17). The quantitative estimate of drug-likeness (QED) is 0.594. The second-order valence-corrected chi connectivity index (χ2v) is 4.48. The van der Waals surface area contributed by atoms with E-state index in [0.29, 0.717) is 26.2 Å². The third-order valence-corrected chi connectivity index (χ3v) is 2.85. The molecule has 2 N–H and O–H groups in total. The highest BCUT2D eigenvalue weighted by Crippen LogP contribution is 2.03. The molecule has 0 rings (SSSR count). The molecule has 0 aromatic heterocycles. The van der Waals surface area contributed by atoms with Crippen molar-refractivity contribution in [1.82, 2.24) is 10.2 Å². The average molecular weight is 274 g/mol. The van der Waals surface area contributed by atoms with Gasteiger partial charge in [0, 0.05) is 19.2 Å². The summed E-state index contributed by atoms with van der Waals surface area (Å²) >= 11 is 0. The Morgan fingerprint density at radius 1 is 1.32 bits per heavy atom. The number of urea groups is 1. The maximum Gasteiger partial charge on any atom is 0.323 e. The SMILES string of the molecule is CCCCOCCNC(=O)N(CC(=O)O)C(C)CC. The molecule has 0 bridgehead atoms. The van der Waals surface area contributed by atoms with Gasteiger partial charge in [-0.3, -0.25) is 4.79 Å². The Hall–Kier alpha value is -1.30. The van der Waals surface area contributed by atoms with E-state index >= 15 is 0 Å². The van der Waals surface area contributed by atoms with E-state index in [1.165, 1.54) is 4.90 Å². The summed E-state index contributed by atoms with van der Waals surface area (Å²) in [5, 5.41) is 11.5. The predicted molar refractivity (Wildman–Crippen MR) is 73.2 cm³/mol. The summed E-state index contributed by atoms with van der Waals surface area (Å²) in [6.07, 6.45) is 2.80. The zero-order chi connectivity index (χ0) is 14.7. The van der Waals surface area contributed by atoms with Crippen molar-refractivity contribution in [3.63, 3.8) is 0 Å². The third kappa shape index (κ3) is 8.42. The molecule has 0 saturated carbocycles. The lowest BCUT2D eigenvalue weighted by atomic mass is 10.2. The highest BCUT2D eigenvalue weighted by molar-refractivity contribution is 5.80. The molecular formula is C13H26N2O4. The van der Waals surface area contributed by atoms with Crippen LogP contribution in [0.25, 0.3) is 0 Å². The number of nitrogens with zero attached hydrogens (tertiary/aromatic N) is 1. The maximum atomic E-state index is 11.9. The molecule has 0 aliphatic rings. The molecule has 0 fully saturated rings. The highest BCUT2D eigenvalue weighted by Gasteiger charge is 2.20. The molecule has 0 heterocycles. The van der Waals surface area contributed by atoms with Gasteiger partial charge in [0.25, 0.3) is 0 Å². The molecule has 0 spiro atoms. The van der Waals surface area contributed by atoms with Gasteiger partial charge in [-0.1, -0.05) is 20.3 Å². The Morgan fingerprint density at radius 2 is 2.00 bits per heavy atom. The summed E-state index contributed by atoms with van der Waals surface area (Å²) in [5.74, 6) is -1.00. The van der Waals surface area contributed by atoms with Crippen LogP contribution in [0, 0.1) is 0 Å². The molecule has 19 heavy (non-hydrogen) atoms. The summed E-state index contributed by atoms with van der Waals surface area (Å²) in [7, 11) is 0. The number of rotatable bonds is 10. The van der Waals surface area contributed by atoms with Crippen LogP contribution in [0.4, 0.5) is 4.79 Å². The van der Waals surface area contributed by atoms with Gasteiger partial charge in [-0.15, -0.1) is 0 Å². The first-order valence-corrected chi connectivity index (χ1v) is 6.86. The molecule has 2 amide bonds. The Morgan fingerprint density at radius 3 is 2.53 bits per heavy atom. The number of carboxylic acid groups (broad SMARTS) is 1. The number of carbonyl (C=O) groups excluding carboxylic acids is 1. The Labute approximate surface area is 115 Å². The second kappa shape index (κ2) is 10.6. The lowest BCUT2D eigenvalue weighted by molar-refractivity contribution is -0.138. The molecule has 0 aromatic carbocycles. The van der Waals surface area contributed by atoms with Crippen molar-refractivity contribution in [2.75, 3.05) is 26.3 Å². The van der Waals surface area contributed by atoms with Crippen molar-refractivity contribution in [2.24, 2.45) is 0 Å². The lowest BCUT2D eigenvalue weighted by Crippen LogP contribution is -2.48. The Bertz CT molecular complexity index is 271. The molecule has 1 unspecified atom stereocenters. The zero-order valence-corrected chi connectivity index (χ0v) is 12.1. The number of ether oxygens (including phenoxy) is 1. The van der Waals surface area contributed by atoms with Crippen LogP contribution in [0.3, 0.4) is 0 Å². The molecule has 0 aliphatic carbocycles. The van der Waals surface area contributed by atoms with Crippen LogP contribution < -0.4 is 5.32 Å². The van der Waals surface area contributed by atoms with E-state index in [1.54, 1.807) is 0 Å². The normalized spacial score (nSPS) is 11.9. The van der Waals surface area contributed by atoms with Crippen LogP contribution in [-0.2, 0) is 9.53 Å².